The van der Waals surface area contributed by atoms with Crippen molar-refractivity contribution in [3.63, 3.8) is 0 Å². The van der Waals surface area contributed by atoms with E-state index in [1.807, 2.05) is 72.8 Å². The highest BCUT2D eigenvalue weighted by atomic mass is 16.5. The molecule has 0 N–H and O–H groups in total. The lowest BCUT2D eigenvalue weighted by Gasteiger charge is -2.39. The van der Waals surface area contributed by atoms with Gasteiger partial charge in [-0.1, -0.05) is 91.8 Å². The average molecular weight is 785 g/mol. The van der Waals surface area contributed by atoms with Gasteiger partial charge in [0.1, 0.15) is 11.5 Å². The molecular weight excluding hydrogens is 737 g/mol. The monoisotopic (exact) mass is 784 g/mol. The molecular formula is C53H48N6O. The molecule has 0 fully saturated rings. The summed E-state index contributed by atoms with van der Waals surface area (Å²) in [7, 11) is 0. The number of hydrogen-bond acceptors (Lipinski definition) is 7. The van der Waals surface area contributed by atoms with Crippen LogP contribution in [0.1, 0.15) is 77.6 Å². The molecule has 0 aliphatic carbocycles. The summed E-state index contributed by atoms with van der Waals surface area (Å²) in [5.41, 5.74) is 14.3. The summed E-state index contributed by atoms with van der Waals surface area (Å²) in [6.45, 7) is 18.3. The summed E-state index contributed by atoms with van der Waals surface area (Å²) in [4.78, 5) is 29.0. The van der Waals surface area contributed by atoms with Gasteiger partial charge >= 0.3 is 0 Å². The zero-order valence-corrected chi connectivity index (χ0v) is 35.4. The standard InChI is InChI=1S/C53H48N6O/c1-51(2,3)35-29-37(34-27-47(43-19-11-15-23-56-43)59-48(28-34)44-20-12-16-24-57-44)50-40(30-35)53(7,8)39-32-38(52(4,5)6)36(31-49(39)60-50)33-25-45(41-17-9-13-21-54-41)58-46(26-33)42-18-10-14-22-55-42/h9-32H,1-8H3. The maximum absolute atomic E-state index is 7.33. The Bertz CT molecular complexity index is 2750. The van der Waals surface area contributed by atoms with E-state index in [1.54, 1.807) is 24.8 Å². The summed E-state index contributed by atoms with van der Waals surface area (Å²) in [6, 6.07) is 41.5. The van der Waals surface area contributed by atoms with Crippen LogP contribution in [-0.2, 0) is 16.2 Å². The molecule has 7 nitrogen and oxygen atoms in total. The lowest BCUT2D eigenvalue weighted by atomic mass is 9.70. The lowest BCUT2D eigenvalue weighted by Crippen LogP contribution is -2.27. The first-order valence-electron chi connectivity index (χ1n) is 20.5. The molecule has 7 heterocycles. The molecule has 0 saturated carbocycles. The van der Waals surface area contributed by atoms with Gasteiger partial charge in [-0.2, -0.15) is 0 Å². The third-order valence-electron chi connectivity index (χ3n) is 11.4. The molecule has 0 unspecified atom stereocenters. The van der Waals surface area contributed by atoms with Crippen LogP contribution in [0.3, 0.4) is 0 Å². The molecule has 0 spiro atoms. The first-order valence-corrected chi connectivity index (χ1v) is 20.5. The molecule has 1 aliphatic heterocycles. The SMILES string of the molecule is CC(C)(C)c1cc(-c2cc(-c3ccccn3)nc(-c3ccccn3)c2)c2c(c1)C(C)(C)c1cc(C(C)(C)C)c(-c3cc(-c4ccccn4)nc(-c4ccccn4)c3)cc1O2. The summed E-state index contributed by atoms with van der Waals surface area (Å²) in [5, 5.41) is 0. The summed E-state index contributed by atoms with van der Waals surface area (Å²) in [6.07, 6.45) is 7.22. The number of fused-ring (bicyclic) bond motifs is 2. The molecule has 0 atom stereocenters. The molecule has 2 aromatic carbocycles. The highest BCUT2D eigenvalue weighted by Crippen LogP contribution is 2.55. The van der Waals surface area contributed by atoms with Crippen molar-refractivity contribution in [3.05, 3.63) is 168 Å². The Kier molecular flexibility index (Phi) is 9.50. The van der Waals surface area contributed by atoms with Crippen molar-refractivity contribution in [3.8, 4) is 79.3 Å². The van der Waals surface area contributed by atoms with E-state index in [2.05, 4.69) is 104 Å². The van der Waals surface area contributed by atoms with Crippen LogP contribution < -0.4 is 4.74 Å². The van der Waals surface area contributed by atoms with Gasteiger partial charge in [0.25, 0.3) is 0 Å². The highest BCUT2D eigenvalue weighted by Gasteiger charge is 2.39. The zero-order valence-electron chi connectivity index (χ0n) is 35.4. The Labute approximate surface area is 352 Å². The van der Waals surface area contributed by atoms with Crippen LogP contribution in [0.15, 0.2) is 146 Å². The first-order chi connectivity index (χ1) is 28.7. The fourth-order valence-electron chi connectivity index (χ4n) is 8.07. The number of benzene rings is 2. The predicted octanol–water partition coefficient (Wildman–Crippen LogP) is 13.1. The van der Waals surface area contributed by atoms with Crippen LogP contribution in [0.5, 0.6) is 11.5 Å². The van der Waals surface area contributed by atoms with Crippen molar-refractivity contribution in [1.29, 1.82) is 0 Å². The first kappa shape index (κ1) is 38.6. The number of hydrogen-bond donors (Lipinski definition) is 0. The largest absolute Gasteiger partial charge is 0.456 e. The summed E-state index contributed by atoms with van der Waals surface area (Å²) in [5.74, 6) is 1.65. The topological polar surface area (TPSA) is 86.6 Å². The van der Waals surface area contributed by atoms with E-state index in [4.69, 9.17) is 34.6 Å². The average Bonchev–Trinajstić information content (AvgIpc) is 3.26. The summed E-state index contributed by atoms with van der Waals surface area (Å²) < 4.78 is 7.33. The number of pyridine rings is 6. The normalized spacial score (nSPS) is 13.3. The molecule has 6 aromatic heterocycles. The molecule has 0 saturated heterocycles. The van der Waals surface area contributed by atoms with Crippen LogP contribution in [0, 0.1) is 0 Å². The van der Waals surface area contributed by atoms with Crippen LogP contribution in [0.25, 0.3) is 67.8 Å². The second-order valence-electron chi connectivity index (χ2n) is 18.1. The molecule has 7 heteroatoms. The van der Waals surface area contributed by atoms with E-state index < -0.39 is 5.41 Å². The Balaban J connectivity index is 1.29. The Morgan fingerprint density at radius 2 is 0.867 bits per heavy atom. The van der Waals surface area contributed by atoms with E-state index >= 15 is 0 Å². The number of nitrogens with zero attached hydrogens (tertiary/aromatic N) is 6. The molecule has 1 aliphatic rings. The van der Waals surface area contributed by atoms with Crippen molar-refractivity contribution < 1.29 is 4.74 Å². The number of aromatic nitrogens is 6. The summed E-state index contributed by atoms with van der Waals surface area (Å²) >= 11 is 0. The minimum Gasteiger partial charge on any atom is -0.456 e. The lowest BCUT2D eigenvalue weighted by molar-refractivity contribution is 0.416. The maximum atomic E-state index is 7.33. The van der Waals surface area contributed by atoms with Crippen molar-refractivity contribution in [1.82, 2.24) is 29.9 Å². The van der Waals surface area contributed by atoms with Gasteiger partial charge in [-0.15, -0.1) is 0 Å². The van der Waals surface area contributed by atoms with Crippen LogP contribution >= 0.6 is 0 Å². The van der Waals surface area contributed by atoms with Crippen LogP contribution in [-0.4, -0.2) is 29.9 Å². The Morgan fingerprint density at radius 3 is 1.25 bits per heavy atom. The van der Waals surface area contributed by atoms with Gasteiger partial charge in [-0.3, -0.25) is 19.9 Å². The highest BCUT2D eigenvalue weighted by molar-refractivity contribution is 5.84. The third-order valence-corrected chi connectivity index (χ3v) is 11.4. The van der Waals surface area contributed by atoms with E-state index in [9.17, 15) is 0 Å². The van der Waals surface area contributed by atoms with E-state index in [0.717, 1.165) is 90.4 Å². The second kappa shape index (κ2) is 14.8. The zero-order chi connectivity index (χ0) is 41.8. The van der Waals surface area contributed by atoms with Gasteiger partial charge in [-0.25, -0.2) is 9.97 Å². The molecule has 296 valence electrons. The second-order valence-corrected chi connectivity index (χ2v) is 18.1. The maximum Gasteiger partial charge on any atom is 0.139 e. The van der Waals surface area contributed by atoms with E-state index in [-0.39, 0.29) is 10.8 Å². The van der Waals surface area contributed by atoms with Gasteiger partial charge in [0.05, 0.1) is 45.6 Å². The molecule has 9 rings (SSSR count). The Hall–Kier alpha value is -6.86. The van der Waals surface area contributed by atoms with Crippen molar-refractivity contribution >= 4 is 0 Å². The van der Waals surface area contributed by atoms with Crippen molar-refractivity contribution in [2.45, 2.75) is 71.6 Å². The fraction of sp³-hybridized carbons (Fsp3) is 0.208. The molecule has 0 radical (unpaired) electrons. The number of ether oxygens (including phenoxy) is 1. The smallest absolute Gasteiger partial charge is 0.139 e. The van der Waals surface area contributed by atoms with Crippen LogP contribution in [0.4, 0.5) is 0 Å². The molecule has 0 amide bonds. The molecule has 0 bridgehead atoms. The number of rotatable bonds is 6. The Morgan fingerprint density at radius 1 is 0.433 bits per heavy atom. The van der Waals surface area contributed by atoms with Gasteiger partial charge < -0.3 is 4.74 Å². The van der Waals surface area contributed by atoms with Gasteiger partial charge in [0, 0.05) is 46.9 Å². The molecule has 8 aromatic rings. The van der Waals surface area contributed by atoms with Gasteiger partial charge in [0.2, 0.25) is 0 Å². The predicted molar refractivity (Wildman–Crippen MR) is 242 cm³/mol. The van der Waals surface area contributed by atoms with Crippen molar-refractivity contribution in [2.24, 2.45) is 0 Å². The minimum absolute atomic E-state index is 0.140. The fourth-order valence-corrected chi connectivity index (χ4v) is 8.07. The van der Waals surface area contributed by atoms with Gasteiger partial charge in [-0.05, 0) is 124 Å². The minimum atomic E-state index is -0.422. The van der Waals surface area contributed by atoms with Crippen LogP contribution in [0.2, 0.25) is 0 Å². The van der Waals surface area contributed by atoms with Gasteiger partial charge in [0.15, 0.2) is 0 Å². The molecule has 60 heavy (non-hydrogen) atoms. The van der Waals surface area contributed by atoms with Crippen molar-refractivity contribution in [2.75, 3.05) is 0 Å². The quantitative estimate of drug-likeness (QED) is 0.166. The van der Waals surface area contributed by atoms with E-state index in [0.29, 0.717) is 0 Å². The van der Waals surface area contributed by atoms with E-state index in [1.165, 1.54) is 11.1 Å². The third kappa shape index (κ3) is 7.25.